The molecule has 0 bridgehead atoms. The van der Waals surface area contributed by atoms with Crippen molar-refractivity contribution in [2.75, 3.05) is 13.7 Å². The van der Waals surface area contributed by atoms with E-state index in [4.69, 9.17) is 21.1 Å². The number of aryl methyl sites for hydroxylation is 3. The van der Waals surface area contributed by atoms with Gasteiger partial charge in [-0.25, -0.2) is 14.0 Å². The Morgan fingerprint density at radius 2 is 1.80 bits per heavy atom. The summed E-state index contributed by atoms with van der Waals surface area (Å²) < 4.78 is 71.4. The number of carbonyl (C=O) groups is 2. The molecule has 46 heavy (non-hydrogen) atoms. The summed E-state index contributed by atoms with van der Waals surface area (Å²) in [6, 6.07) is 11.2. The first-order chi connectivity index (χ1) is 21.7. The number of esters is 2. The van der Waals surface area contributed by atoms with Crippen molar-refractivity contribution in [1.29, 1.82) is 0 Å². The fourth-order valence-electron chi connectivity index (χ4n) is 5.58. The highest BCUT2D eigenvalue weighted by Gasteiger charge is 2.41. The van der Waals surface area contributed by atoms with E-state index in [1.54, 1.807) is 55.8 Å². The van der Waals surface area contributed by atoms with Gasteiger partial charge in [0.2, 0.25) is 0 Å². The largest absolute Gasteiger partial charge is 0.493 e. The van der Waals surface area contributed by atoms with Gasteiger partial charge in [0, 0.05) is 56.6 Å². The molecular weight excluding hydrogens is 650 g/mol. The number of halogens is 5. The maximum absolute atomic E-state index is 13.8. The maximum Gasteiger partial charge on any atom is 0.490 e. The van der Waals surface area contributed by atoms with Crippen molar-refractivity contribution < 1.29 is 41.4 Å². The zero-order valence-electron chi connectivity index (χ0n) is 25.1. The van der Waals surface area contributed by atoms with Crippen LogP contribution in [0.5, 0.6) is 5.75 Å². The van der Waals surface area contributed by atoms with Crippen molar-refractivity contribution >= 4 is 57.8 Å². The second-order valence-electron chi connectivity index (χ2n) is 10.5. The number of benzene rings is 3. The lowest BCUT2D eigenvalue weighted by atomic mass is 9.97. The first-order valence-corrected chi connectivity index (χ1v) is 14.8. The lowest BCUT2D eigenvalue weighted by Crippen LogP contribution is -2.25. The van der Waals surface area contributed by atoms with E-state index in [1.165, 1.54) is 23.9 Å². The zero-order chi connectivity index (χ0) is 33.5. The van der Waals surface area contributed by atoms with Crippen molar-refractivity contribution in [1.82, 2.24) is 14.3 Å². The summed E-state index contributed by atoms with van der Waals surface area (Å²) in [6.07, 6.45) is -4.73. The number of ether oxygens (including phenoxy) is 3. The molecule has 0 fully saturated rings. The Morgan fingerprint density at radius 1 is 1.07 bits per heavy atom. The number of alkyl halides is 3. The predicted molar refractivity (Wildman–Crippen MR) is 167 cm³/mol. The van der Waals surface area contributed by atoms with E-state index < -0.39 is 24.7 Å². The lowest BCUT2D eigenvalue weighted by molar-refractivity contribution is -0.201. The van der Waals surface area contributed by atoms with Crippen LogP contribution in [0.25, 0.3) is 32.8 Å². The number of thiol groups is 1. The Kier molecular flexibility index (Phi) is 9.28. The fourth-order valence-corrected chi connectivity index (χ4v) is 6.09. The summed E-state index contributed by atoms with van der Waals surface area (Å²) in [7, 11) is 2.86. The molecule has 242 valence electrons. The highest BCUT2D eigenvalue weighted by molar-refractivity contribution is 7.80. The van der Waals surface area contributed by atoms with Crippen LogP contribution in [-0.4, -0.2) is 46.2 Å². The normalized spacial score (nSPS) is 11.8. The third-order valence-electron chi connectivity index (χ3n) is 7.68. The highest BCUT2D eigenvalue weighted by atomic mass is 35.5. The number of carbonyl (C=O) groups excluding carboxylic acids is 2. The molecule has 0 atom stereocenters. The van der Waals surface area contributed by atoms with E-state index in [1.807, 2.05) is 0 Å². The molecule has 0 unspecified atom stereocenters. The summed E-state index contributed by atoms with van der Waals surface area (Å²) in [5, 5.41) is 6.47. The molecule has 0 aliphatic heterocycles. The SMILES string of the molecule is COC(=O)c1c(C)c2c(-c3c(COC(=O)C(F)(F)F)nn(C)c3C)c(Cl)ccc2n1CCCOc1cc(S)cc2cc(F)ccc12. The Hall–Kier alpha value is -4.23. The van der Waals surface area contributed by atoms with Crippen molar-refractivity contribution in [3.8, 4) is 16.9 Å². The smallest absolute Gasteiger partial charge is 0.490 e. The molecule has 3 aromatic carbocycles. The molecule has 14 heteroatoms. The summed E-state index contributed by atoms with van der Waals surface area (Å²) in [5.74, 6) is -2.79. The molecule has 2 aromatic heterocycles. The minimum atomic E-state index is -5.17. The van der Waals surface area contributed by atoms with Crippen LogP contribution >= 0.6 is 24.2 Å². The molecule has 5 rings (SSSR count). The third-order valence-corrected chi connectivity index (χ3v) is 8.25. The molecule has 0 saturated carbocycles. The molecule has 0 spiro atoms. The van der Waals surface area contributed by atoms with Crippen LogP contribution in [0, 0.1) is 19.7 Å². The molecule has 0 radical (unpaired) electrons. The fraction of sp³-hybridized carbons (Fsp3) is 0.281. The Bertz CT molecular complexity index is 2000. The van der Waals surface area contributed by atoms with Crippen LogP contribution in [0.4, 0.5) is 17.6 Å². The van der Waals surface area contributed by atoms with E-state index in [9.17, 15) is 27.2 Å². The van der Waals surface area contributed by atoms with Gasteiger partial charge < -0.3 is 18.8 Å². The monoisotopic (exact) mass is 677 g/mol. The molecule has 2 heterocycles. The van der Waals surface area contributed by atoms with Crippen molar-refractivity contribution in [2.45, 2.75) is 44.5 Å². The summed E-state index contributed by atoms with van der Waals surface area (Å²) in [4.78, 5) is 25.2. The number of hydrogen-bond acceptors (Lipinski definition) is 7. The van der Waals surface area contributed by atoms with Gasteiger partial charge in [-0.3, -0.25) is 4.68 Å². The Morgan fingerprint density at radius 3 is 2.50 bits per heavy atom. The van der Waals surface area contributed by atoms with Gasteiger partial charge in [-0.05, 0) is 73.7 Å². The van der Waals surface area contributed by atoms with Gasteiger partial charge in [0.1, 0.15) is 29.6 Å². The zero-order valence-corrected chi connectivity index (χ0v) is 26.7. The highest BCUT2D eigenvalue weighted by Crippen LogP contribution is 2.42. The minimum Gasteiger partial charge on any atom is -0.493 e. The van der Waals surface area contributed by atoms with Crippen LogP contribution in [0.1, 0.15) is 33.9 Å². The van der Waals surface area contributed by atoms with Crippen molar-refractivity contribution in [2.24, 2.45) is 7.05 Å². The predicted octanol–water partition coefficient (Wildman–Crippen LogP) is 7.75. The number of hydrogen-bond donors (Lipinski definition) is 1. The molecule has 0 N–H and O–H groups in total. The molecule has 5 aromatic rings. The number of fused-ring (bicyclic) bond motifs is 2. The quantitative estimate of drug-likeness (QED) is 0.0744. The van der Waals surface area contributed by atoms with Crippen molar-refractivity contribution in [3.63, 3.8) is 0 Å². The maximum atomic E-state index is 13.8. The van der Waals surface area contributed by atoms with Gasteiger partial charge >= 0.3 is 18.1 Å². The van der Waals surface area contributed by atoms with E-state index in [0.29, 0.717) is 62.3 Å². The Balaban J connectivity index is 1.53. The topological polar surface area (TPSA) is 84.6 Å². The molecule has 0 aliphatic rings. The average molecular weight is 678 g/mol. The van der Waals surface area contributed by atoms with Gasteiger partial charge in [0.15, 0.2) is 0 Å². The van der Waals surface area contributed by atoms with E-state index in [-0.39, 0.29) is 28.8 Å². The molecule has 0 saturated heterocycles. The standard InChI is InChI=1S/C32H28ClF4N3O5S/c1-16-26-24(9-8-22(33)28(26)27-17(2)39(3)38-23(27)15-45-31(42)32(35,36)37)40(29(16)30(41)43-4)10-5-11-44-25-14-20(46)13-18-12-19(34)6-7-21(18)25/h6-9,12-14,46H,5,10-11,15H2,1-4H3. The Labute approximate surface area is 271 Å². The lowest BCUT2D eigenvalue weighted by Gasteiger charge is -2.14. The summed E-state index contributed by atoms with van der Waals surface area (Å²) in [5.41, 5.74) is 2.80. The number of aromatic nitrogens is 3. The van der Waals surface area contributed by atoms with Gasteiger partial charge in [-0.15, -0.1) is 12.6 Å². The second kappa shape index (κ2) is 12.9. The summed E-state index contributed by atoms with van der Waals surface area (Å²) >= 11 is 11.1. The van der Waals surface area contributed by atoms with Crippen LogP contribution in [-0.2, 0) is 34.5 Å². The van der Waals surface area contributed by atoms with Gasteiger partial charge in [0.05, 0.1) is 13.7 Å². The van der Waals surface area contributed by atoms with Crippen LogP contribution < -0.4 is 4.74 Å². The van der Waals surface area contributed by atoms with Crippen LogP contribution in [0.3, 0.4) is 0 Å². The summed E-state index contributed by atoms with van der Waals surface area (Å²) in [6.45, 7) is 3.22. The third kappa shape index (κ3) is 6.25. The minimum absolute atomic E-state index is 0.0608. The molecule has 0 amide bonds. The first kappa shape index (κ1) is 33.1. The molecule has 0 aliphatic carbocycles. The number of nitrogens with zero attached hydrogens (tertiary/aromatic N) is 3. The van der Waals surface area contributed by atoms with Crippen LogP contribution in [0.15, 0.2) is 47.4 Å². The van der Waals surface area contributed by atoms with E-state index in [2.05, 4.69) is 22.5 Å². The number of rotatable bonds is 9. The van der Waals surface area contributed by atoms with E-state index >= 15 is 0 Å². The van der Waals surface area contributed by atoms with Gasteiger partial charge in [0.25, 0.3) is 0 Å². The van der Waals surface area contributed by atoms with Crippen molar-refractivity contribution in [3.05, 3.63) is 75.9 Å². The van der Waals surface area contributed by atoms with Gasteiger partial charge in [-0.2, -0.15) is 18.3 Å². The van der Waals surface area contributed by atoms with Gasteiger partial charge in [-0.1, -0.05) is 11.6 Å². The average Bonchev–Trinajstić information content (AvgIpc) is 3.43. The molecule has 8 nitrogen and oxygen atoms in total. The molecular formula is C32H28ClF4N3O5S. The van der Waals surface area contributed by atoms with Crippen LogP contribution in [0.2, 0.25) is 5.02 Å². The van der Waals surface area contributed by atoms with E-state index in [0.717, 1.165) is 5.39 Å². The second-order valence-corrected chi connectivity index (χ2v) is 11.5. The first-order valence-electron chi connectivity index (χ1n) is 13.9. The number of methoxy groups -OCH3 is 1.